The van der Waals surface area contributed by atoms with Crippen molar-refractivity contribution >= 4 is 6.09 Å². The van der Waals surface area contributed by atoms with E-state index < -0.39 is 5.60 Å². The number of hydrogen-bond donors (Lipinski definition) is 2. The van der Waals surface area contributed by atoms with Crippen LogP contribution in [0.3, 0.4) is 0 Å². The van der Waals surface area contributed by atoms with Gasteiger partial charge in [-0.25, -0.2) is 4.79 Å². The number of ether oxygens (including phenoxy) is 1. The summed E-state index contributed by atoms with van der Waals surface area (Å²) in [6, 6.07) is 6.53. The van der Waals surface area contributed by atoms with E-state index in [-0.39, 0.29) is 18.7 Å². The van der Waals surface area contributed by atoms with Crippen molar-refractivity contribution in [2.75, 3.05) is 19.7 Å². The lowest BCUT2D eigenvalue weighted by molar-refractivity contribution is 0.0137. The fourth-order valence-electron chi connectivity index (χ4n) is 3.17. The number of benzene rings is 1. The lowest BCUT2D eigenvalue weighted by Gasteiger charge is -2.38. The molecule has 1 heterocycles. The van der Waals surface area contributed by atoms with E-state index in [1.807, 2.05) is 25.7 Å². The van der Waals surface area contributed by atoms with Gasteiger partial charge in [0.1, 0.15) is 5.60 Å². The maximum atomic E-state index is 12.5. The average molecular weight is 334 g/mol. The fraction of sp³-hybridized carbons (Fsp3) is 0.632. The summed E-state index contributed by atoms with van der Waals surface area (Å²) in [4.78, 5) is 14.4. The summed E-state index contributed by atoms with van der Waals surface area (Å²) in [6.07, 6.45) is 1.49. The molecule has 1 aromatic rings. The van der Waals surface area contributed by atoms with E-state index in [0.717, 1.165) is 19.4 Å². The molecule has 2 rings (SSSR count). The van der Waals surface area contributed by atoms with E-state index in [4.69, 9.17) is 9.84 Å². The number of carbonyl (C=O) groups excluding carboxylic acids is 1. The average Bonchev–Trinajstić information content (AvgIpc) is 2.52. The van der Waals surface area contributed by atoms with Crippen molar-refractivity contribution in [1.29, 1.82) is 0 Å². The molecule has 0 bridgehead atoms. The molecule has 0 radical (unpaired) electrons. The highest BCUT2D eigenvalue weighted by Crippen LogP contribution is 2.33. The molecular weight excluding hydrogens is 304 g/mol. The third-order valence-electron chi connectivity index (χ3n) is 4.20. The molecule has 0 saturated heterocycles. The number of nitrogens with one attached hydrogen (secondary N) is 1. The number of rotatable bonds is 5. The molecule has 1 atom stereocenters. The summed E-state index contributed by atoms with van der Waals surface area (Å²) in [7, 11) is 0. The van der Waals surface area contributed by atoms with Gasteiger partial charge in [-0.3, -0.25) is 0 Å². The molecule has 134 valence electrons. The molecule has 1 aromatic carbocycles. The van der Waals surface area contributed by atoms with Gasteiger partial charge in [0, 0.05) is 19.6 Å². The molecule has 5 heteroatoms. The van der Waals surface area contributed by atoms with Gasteiger partial charge in [-0.05, 0) is 50.3 Å². The van der Waals surface area contributed by atoms with Crippen LogP contribution in [0.1, 0.15) is 56.8 Å². The number of fused-ring (bicyclic) bond motifs is 1. The minimum absolute atomic E-state index is 0.0723. The Balaban J connectivity index is 2.14. The van der Waals surface area contributed by atoms with E-state index in [2.05, 4.69) is 30.4 Å². The van der Waals surface area contributed by atoms with Crippen LogP contribution in [-0.2, 0) is 17.7 Å². The molecule has 1 aliphatic rings. The fourth-order valence-corrected chi connectivity index (χ4v) is 3.17. The second-order valence-corrected chi connectivity index (χ2v) is 7.28. The largest absolute Gasteiger partial charge is 0.444 e. The predicted molar refractivity (Wildman–Crippen MR) is 94.9 cm³/mol. The third kappa shape index (κ3) is 4.71. The van der Waals surface area contributed by atoms with Crippen molar-refractivity contribution < 1.29 is 14.6 Å². The number of aliphatic hydroxyl groups excluding tert-OH is 1. The van der Waals surface area contributed by atoms with Crippen molar-refractivity contribution in [2.45, 2.75) is 58.7 Å². The molecule has 2 N–H and O–H groups in total. The topological polar surface area (TPSA) is 61.8 Å². The monoisotopic (exact) mass is 334 g/mol. The molecule has 1 amide bonds. The second-order valence-electron chi connectivity index (χ2n) is 7.28. The van der Waals surface area contributed by atoms with Gasteiger partial charge in [0.25, 0.3) is 0 Å². The first-order chi connectivity index (χ1) is 11.4. The standard InChI is InChI=1S/C19H30N2O3/c1-5-17-16-7-6-14(13-20-9-11-22)12-15(16)8-10-21(17)18(23)24-19(2,3)4/h6-7,12,17,20,22H,5,8-11,13H2,1-4H3. The van der Waals surface area contributed by atoms with E-state index >= 15 is 0 Å². The smallest absolute Gasteiger partial charge is 0.410 e. The van der Waals surface area contributed by atoms with Gasteiger partial charge in [-0.15, -0.1) is 0 Å². The zero-order valence-electron chi connectivity index (χ0n) is 15.3. The molecule has 24 heavy (non-hydrogen) atoms. The highest BCUT2D eigenvalue weighted by Gasteiger charge is 2.32. The summed E-state index contributed by atoms with van der Waals surface area (Å²) in [5.41, 5.74) is 3.27. The van der Waals surface area contributed by atoms with Gasteiger partial charge in [-0.1, -0.05) is 25.1 Å². The van der Waals surface area contributed by atoms with Gasteiger partial charge in [-0.2, -0.15) is 0 Å². The number of hydrogen-bond acceptors (Lipinski definition) is 4. The normalized spacial score (nSPS) is 17.5. The number of amides is 1. The van der Waals surface area contributed by atoms with Gasteiger partial charge < -0.3 is 20.1 Å². The quantitative estimate of drug-likeness (QED) is 0.813. The Bertz CT molecular complexity index is 566. The van der Waals surface area contributed by atoms with E-state index in [9.17, 15) is 4.79 Å². The van der Waals surface area contributed by atoms with Crippen LogP contribution in [0.15, 0.2) is 18.2 Å². The highest BCUT2D eigenvalue weighted by atomic mass is 16.6. The number of carbonyl (C=O) groups is 1. The van der Waals surface area contributed by atoms with E-state index in [0.29, 0.717) is 13.1 Å². The van der Waals surface area contributed by atoms with E-state index in [1.165, 1.54) is 16.7 Å². The maximum Gasteiger partial charge on any atom is 0.410 e. The van der Waals surface area contributed by atoms with Crippen LogP contribution in [0.4, 0.5) is 4.79 Å². The van der Waals surface area contributed by atoms with E-state index in [1.54, 1.807) is 0 Å². The minimum Gasteiger partial charge on any atom is -0.444 e. The summed E-state index contributed by atoms with van der Waals surface area (Å²) in [5.74, 6) is 0. The van der Waals surface area contributed by atoms with Crippen molar-refractivity contribution in [3.63, 3.8) is 0 Å². The zero-order chi connectivity index (χ0) is 17.7. The molecule has 0 spiro atoms. The van der Waals surface area contributed by atoms with Crippen LogP contribution in [-0.4, -0.2) is 41.4 Å². The summed E-state index contributed by atoms with van der Waals surface area (Å²) < 4.78 is 5.57. The minimum atomic E-state index is -0.474. The van der Waals surface area contributed by atoms with Crippen LogP contribution >= 0.6 is 0 Å². The Hall–Kier alpha value is -1.59. The molecule has 0 fully saturated rings. The van der Waals surface area contributed by atoms with Crippen LogP contribution < -0.4 is 5.32 Å². The Labute approximate surface area is 145 Å². The first kappa shape index (κ1) is 18.7. The second kappa shape index (κ2) is 7.99. The molecule has 5 nitrogen and oxygen atoms in total. The zero-order valence-corrected chi connectivity index (χ0v) is 15.3. The number of nitrogens with zero attached hydrogens (tertiary/aromatic N) is 1. The predicted octanol–water partition coefficient (Wildman–Crippen LogP) is 3.01. The molecule has 0 saturated carbocycles. The van der Waals surface area contributed by atoms with Crippen LogP contribution in [0, 0.1) is 0 Å². The molecule has 0 aliphatic carbocycles. The summed E-state index contributed by atoms with van der Waals surface area (Å²) in [5, 5.41) is 12.1. The van der Waals surface area contributed by atoms with Gasteiger partial charge in [0.2, 0.25) is 0 Å². The molecule has 1 aliphatic heterocycles. The van der Waals surface area contributed by atoms with Crippen molar-refractivity contribution in [3.8, 4) is 0 Å². The summed E-state index contributed by atoms with van der Waals surface area (Å²) in [6.45, 7) is 9.98. The van der Waals surface area contributed by atoms with Gasteiger partial charge >= 0.3 is 6.09 Å². The van der Waals surface area contributed by atoms with Crippen molar-refractivity contribution in [2.24, 2.45) is 0 Å². The van der Waals surface area contributed by atoms with Crippen LogP contribution in [0.2, 0.25) is 0 Å². The highest BCUT2D eigenvalue weighted by molar-refractivity contribution is 5.69. The first-order valence-electron chi connectivity index (χ1n) is 8.78. The SMILES string of the molecule is CCC1c2ccc(CNCCO)cc2CCN1C(=O)OC(C)(C)C. The van der Waals surface area contributed by atoms with Crippen molar-refractivity contribution in [1.82, 2.24) is 10.2 Å². The maximum absolute atomic E-state index is 12.5. The molecule has 1 unspecified atom stereocenters. The molecule has 0 aromatic heterocycles. The number of aliphatic hydroxyl groups is 1. The lowest BCUT2D eigenvalue weighted by Crippen LogP contribution is -2.42. The Morgan fingerprint density at radius 1 is 1.42 bits per heavy atom. The summed E-state index contributed by atoms with van der Waals surface area (Å²) >= 11 is 0. The molecular formula is C19H30N2O3. The van der Waals surface area contributed by atoms with Crippen LogP contribution in [0.25, 0.3) is 0 Å². The third-order valence-corrected chi connectivity index (χ3v) is 4.20. The Morgan fingerprint density at radius 3 is 2.79 bits per heavy atom. The first-order valence-corrected chi connectivity index (χ1v) is 8.78. The van der Waals surface area contributed by atoms with Gasteiger partial charge in [0.05, 0.1) is 12.6 Å². The Morgan fingerprint density at radius 2 is 2.17 bits per heavy atom. The van der Waals surface area contributed by atoms with Gasteiger partial charge in [0.15, 0.2) is 0 Å². The van der Waals surface area contributed by atoms with Crippen LogP contribution in [0.5, 0.6) is 0 Å². The Kier molecular flexibility index (Phi) is 6.24. The van der Waals surface area contributed by atoms with Crippen molar-refractivity contribution in [3.05, 3.63) is 34.9 Å². The lowest BCUT2D eigenvalue weighted by atomic mass is 9.90.